The highest BCUT2D eigenvalue weighted by atomic mass is 16.6. The number of nitrogens with zero attached hydrogens (tertiary/aromatic N) is 1. The van der Waals surface area contributed by atoms with E-state index in [4.69, 9.17) is 4.42 Å². The van der Waals surface area contributed by atoms with E-state index in [0.29, 0.717) is 10.7 Å². The van der Waals surface area contributed by atoms with Gasteiger partial charge in [0.05, 0.1) is 19.4 Å². The van der Waals surface area contributed by atoms with Crippen molar-refractivity contribution in [1.29, 1.82) is 0 Å². The van der Waals surface area contributed by atoms with Crippen molar-refractivity contribution < 1.29 is 23.5 Å². The van der Waals surface area contributed by atoms with Gasteiger partial charge < -0.3 is 14.5 Å². The average molecular weight is 264 g/mol. The topological polar surface area (TPSA) is 88.8 Å². The largest absolute Gasteiger partial charge is 0.467 e. The first-order chi connectivity index (χ1) is 9.13. The first-order valence-corrected chi connectivity index (χ1v) is 5.66. The summed E-state index contributed by atoms with van der Waals surface area (Å²) >= 11 is 0. The van der Waals surface area contributed by atoms with E-state index in [1.807, 2.05) is 0 Å². The summed E-state index contributed by atoms with van der Waals surface area (Å²) in [5.74, 6) is -0.837. The van der Waals surface area contributed by atoms with Gasteiger partial charge in [-0.05, 0) is 19.1 Å². The number of carbonyl (C=O) groups is 3. The lowest BCUT2D eigenvalue weighted by Gasteiger charge is -2.12. The molecule has 3 amide bonds. The van der Waals surface area contributed by atoms with Crippen LogP contribution in [0.4, 0.5) is 4.79 Å². The minimum atomic E-state index is -0.969. The standard InChI is InChI=1S/C12H12N2O5/c1-2-18-12(17)14-10(15)6-9(11(14)16)13-7-8-4-3-5-19-8/h3-6,13H,2,7H2,1H3. The molecule has 1 aromatic rings. The number of hydrogen-bond acceptors (Lipinski definition) is 6. The summed E-state index contributed by atoms with van der Waals surface area (Å²) in [5, 5.41) is 2.74. The zero-order chi connectivity index (χ0) is 13.8. The van der Waals surface area contributed by atoms with Gasteiger partial charge in [-0.2, -0.15) is 4.90 Å². The van der Waals surface area contributed by atoms with Gasteiger partial charge in [-0.3, -0.25) is 9.59 Å². The molecule has 0 saturated heterocycles. The highest BCUT2D eigenvalue weighted by molar-refractivity contribution is 6.23. The van der Waals surface area contributed by atoms with Crippen LogP contribution in [0.25, 0.3) is 0 Å². The predicted molar refractivity (Wildman–Crippen MR) is 62.5 cm³/mol. The molecule has 0 bridgehead atoms. The summed E-state index contributed by atoms with van der Waals surface area (Å²) in [7, 11) is 0. The Hall–Kier alpha value is -2.57. The zero-order valence-electron chi connectivity index (χ0n) is 10.2. The minimum absolute atomic E-state index is 0.0365. The molecule has 0 unspecified atom stereocenters. The van der Waals surface area contributed by atoms with Crippen LogP contribution in [0.3, 0.4) is 0 Å². The van der Waals surface area contributed by atoms with Crippen molar-refractivity contribution in [2.45, 2.75) is 13.5 Å². The van der Waals surface area contributed by atoms with Crippen molar-refractivity contribution in [1.82, 2.24) is 10.2 Å². The highest BCUT2D eigenvalue weighted by Gasteiger charge is 2.37. The van der Waals surface area contributed by atoms with E-state index in [2.05, 4.69) is 10.1 Å². The number of ether oxygens (including phenoxy) is 1. The van der Waals surface area contributed by atoms with Crippen molar-refractivity contribution in [3.8, 4) is 0 Å². The van der Waals surface area contributed by atoms with Crippen LogP contribution >= 0.6 is 0 Å². The number of hydrogen-bond donors (Lipinski definition) is 1. The summed E-state index contributed by atoms with van der Waals surface area (Å²) in [6.07, 6.45) is 1.59. The van der Waals surface area contributed by atoms with E-state index in [1.165, 1.54) is 6.26 Å². The lowest BCUT2D eigenvalue weighted by molar-refractivity contribution is -0.135. The molecule has 1 aliphatic heterocycles. The Morgan fingerprint density at radius 2 is 2.26 bits per heavy atom. The van der Waals surface area contributed by atoms with Crippen LogP contribution < -0.4 is 5.32 Å². The Morgan fingerprint density at radius 1 is 1.47 bits per heavy atom. The van der Waals surface area contributed by atoms with E-state index >= 15 is 0 Å². The fraction of sp³-hybridized carbons (Fsp3) is 0.250. The number of furan rings is 1. The van der Waals surface area contributed by atoms with Crippen LogP contribution in [0.5, 0.6) is 0 Å². The molecule has 0 aliphatic carbocycles. The molecule has 100 valence electrons. The molecule has 1 aliphatic rings. The Morgan fingerprint density at radius 3 is 2.89 bits per heavy atom. The second-order valence-electron chi connectivity index (χ2n) is 3.67. The van der Waals surface area contributed by atoms with Crippen LogP contribution in [0, 0.1) is 0 Å². The summed E-state index contributed by atoms with van der Waals surface area (Å²) in [5.41, 5.74) is 0.0365. The number of carbonyl (C=O) groups excluding carboxylic acids is 3. The Bertz CT molecular complexity index is 532. The monoisotopic (exact) mass is 264 g/mol. The van der Waals surface area contributed by atoms with Crippen molar-refractivity contribution >= 4 is 17.9 Å². The molecule has 0 spiro atoms. The van der Waals surface area contributed by atoms with Gasteiger partial charge in [0.15, 0.2) is 0 Å². The number of nitrogens with one attached hydrogen (secondary N) is 1. The Labute approximate surface area is 108 Å². The molecule has 1 aromatic heterocycles. The summed E-state index contributed by atoms with van der Waals surface area (Å²) in [6, 6.07) is 3.43. The summed E-state index contributed by atoms with van der Waals surface area (Å²) in [6.45, 7) is 1.92. The molecule has 2 rings (SSSR count). The van der Waals surface area contributed by atoms with Gasteiger partial charge in [0, 0.05) is 6.08 Å². The molecule has 19 heavy (non-hydrogen) atoms. The highest BCUT2D eigenvalue weighted by Crippen LogP contribution is 2.13. The van der Waals surface area contributed by atoms with Crippen LogP contribution in [0.2, 0.25) is 0 Å². The van der Waals surface area contributed by atoms with Gasteiger partial charge in [0.2, 0.25) is 0 Å². The number of imide groups is 3. The first kappa shape index (κ1) is 12.9. The fourth-order valence-corrected chi connectivity index (χ4v) is 1.55. The molecular weight excluding hydrogens is 252 g/mol. The summed E-state index contributed by atoms with van der Waals surface area (Å²) in [4.78, 5) is 35.3. The predicted octanol–water partition coefficient (Wildman–Crippen LogP) is 0.778. The van der Waals surface area contributed by atoms with Crippen LogP contribution in [-0.4, -0.2) is 29.4 Å². The quantitative estimate of drug-likeness (QED) is 0.808. The van der Waals surface area contributed by atoms with Crippen molar-refractivity contribution in [2.75, 3.05) is 6.61 Å². The maximum Gasteiger partial charge on any atom is 0.424 e. The zero-order valence-corrected chi connectivity index (χ0v) is 10.2. The lowest BCUT2D eigenvalue weighted by atomic mass is 10.4. The first-order valence-electron chi connectivity index (χ1n) is 5.66. The smallest absolute Gasteiger partial charge is 0.424 e. The number of amides is 3. The van der Waals surface area contributed by atoms with Crippen molar-refractivity contribution in [2.24, 2.45) is 0 Å². The molecule has 0 radical (unpaired) electrons. The molecule has 0 aromatic carbocycles. The lowest BCUT2D eigenvalue weighted by Crippen LogP contribution is -2.39. The second kappa shape index (κ2) is 5.38. The SMILES string of the molecule is CCOC(=O)N1C(=O)C=C(NCc2ccco2)C1=O. The van der Waals surface area contributed by atoms with Crippen LogP contribution in [0.15, 0.2) is 34.6 Å². The second-order valence-corrected chi connectivity index (χ2v) is 3.67. The van der Waals surface area contributed by atoms with Crippen molar-refractivity contribution in [3.05, 3.63) is 35.9 Å². The van der Waals surface area contributed by atoms with Gasteiger partial charge in [-0.25, -0.2) is 4.79 Å². The van der Waals surface area contributed by atoms with Crippen LogP contribution in [0.1, 0.15) is 12.7 Å². The van der Waals surface area contributed by atoms with Gasteiger partial charge >= 0.3 is 6.09 Å². The third kappa shape index (κ3) is 2.65. The van der Waals surface area contributed by atoms with E-state index in [-0.39, 0.29) is 18.8 Å². The van der Waals surface area contributed by atoms with Crippen LogP contribution in [-0.2, 0) is 20.9 Å². The minimum Gasteiger partial charge on any atom is -0.467 e. The Balaban J connectivity index is 2.00. The molecule has 7 heteroatoms. The van der Waals surface area contributed by atoms with Gasteiger partial charge in [-0.1, -0.05) is 0 Å². The molecule has 0 saturated carbocycles. The Kier molecular flexibility index (Phi) is 3.65. The van der Waals surface area contributed by atoms with Gasteiger partial charge in [0.25, 0.3) is 11.8 Å². The third-order valence-corrected chi connectivity index (χ3v) is 2.41. The third-order valence-electron chi connectivity index (χ3n) is 2.41. The van der Waals surface area contributed by atoms with Crippen molar-refractivity contribution in [3.63, 3.8) is 0 Å². The van der Waals surface area contributed by atoms with Gasteiger partial charge in [-0.15, -0.1) is 0 Å². The van der Waals surface area contributed by atoms with E-state index < -0.39 is 17.9 Å². The normalized spacial score (nSPS) is 14.6. The maximum absolute atomic E-state index is 11.8. The number of rotatable bonds is 4. The molecule has 1 N–H and O–H groups in total. The molecule has 0 atom stereocenters. The van der Waals surface area contributed by atoms with Gasteiger partial charge in [0.1, 0.15) is 11.5 Å². The van der Waals surface area contributed by atoms with E-state index in [9.17, 15) is 14.4 Å². The van der Waals surface area contributed by atoms with E-state index in [1.54, 1.807) is 19.1 Å². The fourth-order valence-electron chi connectivity index (χ4n) is 1.55. The summed E-state index contributed by atoms with van der Waals surface area (Å²) < 4.78 is 9.71. The van der Waals surface area contributed by atoms with E-state index in [0.717, 1.165) is 6.08 Å². The maximum atomic E-state index is 11.8. The molecule has 0 fully saturated rings. The molecule has 2 heterocycles. The molecular formula is C12H12N2O5. The molecule has 7 nitrogen and oxygen atoms in total. The average Bonchev–Trinajstić information content (AvgIpc) is 2.96.